The van der Waals surface area contributed by atoms with Gasteiger partial charge in [-0.3, -0.25) is 0 Å². The molecule has 6 heteroatoms. The zero-order chi connectivity index (χ0) is 11.6. The van der Waals surface area contributed by atoms with Gasteiger partial charge in [0.15, 0.2) is 9.84 Å². The fourth-order valence-corrected chi connectivity index (χ4v) is 5.54. The van der Waals surface area contributed by atoms with E-state index in [1.807, 2.05) is 11.8 Å². The fourth-order valence-electron chi connectivity index (χ4n) is 2.48. The lowest BCUT2D eigenvalue weighted by Crippen LogP contribution is -2.45. The Morgan fingerprint density at radius 3 is 2.94 bits per heavy atom. The lowest BCUT2D eigenvalue weighted by Gasteiger charge is -2.37. The molecule has 4 nitrogen and oxygen atoms in total. The van der Waals surface area contributed by atoms with Gasteiger partial charge < -0.3 is 10.5 Å². The van der Waals surface area contributed by atoms with Gasteiger partial charge in [-0.25, -0.2) is 8.42 Å². The molecule has 0 radical (unpaired) electrons. The summed E-state index contributed by atoms with van der Waals surface area (Å²) in [7, 11) is -3.01. The topological polar surface area (TPSA) is 69.4 Å². The quantitative estimate of drug-likeness (QED) is 0.800. The molecule has 0 aromatic heterocycles. The molecule has 0 saturated carbocycles. The highest BCUT2D eigenvalue weighted by atomic mass is 32.2. The highest BCUT2D eigenvalue weighted by molar-refractivity contribution is 7.99. The van der Waals surface area contributed by atoms with Crippen molar-refractivity contribution < 1.29 is 13.2 Å². The Morgan fingerprint density at radius 2 is 2.31 bits per heavy atom. The molecule has 0 aromatic carbocycles. The maximum atomic E-state index is 12.0. The first kappa shape index (κ1) is 12.7. The molecule has 0 aromatic rings. The van der Waals surface area contributed by atoms with Crippen LogP contribution in [-0.2, 0) is 14.6 Å². The second kappa shape index (κ2) is 4.84. The zero-order valence-electron chi connectivity index (χ0n) is 9.35. The van der Waals surface area contributed by atoms with Crippen LogP contribution in [0.5, 0.6) is 0 Å². The van der Waals surface area contributed by atoms with Crippen LogP contribution in [0.2, 0.25) is 0 Å². The molecule has 0 amide bonds. The molecule has 2 aliphatic rings. The normalized spacial score (nSPS) is 35.7. The van der Waals surface area contributed by atoms with Gasteiger partial charge in [0.1, 0.15) is 0 Å². The third-order valence-corrected chi connectivity index (χ3v) is 6.87. The molecule has 2 aliphatic heterocycles. The third-order valence-electron chi connectivity index (χ3n) is 3.43. The molecule has 1 spiro atoms. The third kappa shape index (κ3) is 2.55. The summed E-state index contributed by atoms with van der Waals surface area (Å²) >= 11 is 1.86. The molecule has 2 heterocycles. The number of hydrogen-bond donors (Lipinski definition) is 1. The Balaban J connectivity index is 2.07. The second-order valence-corrected chi connectivity index (χ2v) is 8.11. The Hall–Kier alpha value is 0.220. The average Bonchev–Trinajstić information content (AvgIpc) is 2.66. The lowest BCUT2D eigenvalue weighted by atomic mass is 9.93. The van der Waals surface area contributed by atoms with Gasteiger partial charge in [0.05, 0.1) is 16.6 Å². The first-order valence-electron chi connectivity index (χ1n) is 5.71. The van der Waals surface area contributed by atoms with Crippen molar-refractivity contribution in [3.05, 3.63) is 0 Å². The molecular weight excluding hydrogens is 246 g/mol. The van der Waals surface area contributed by atoms with Crippen LogP contribution in [-0.4, -0.2) is 49.7 Å². The maximum Gasteiger partial charge on any atom is 0.154 e. The molecule has 0 aliphatic carbocycles. The Morgan fingerprint density at radius 1 is 1.50 bits per heavy atom. The van der Waals surface area contributed by atoms with Crippen molar-refractivity contribution in [2.75, 3.05) is 30.4 Å². The van der Waals surface area contributed by atoms with E-state index < -0.39 is 9.84 Å². The van der Waals surface area contributed by atoms with Crippen molar-refractivity contribution in [1.29, 1.82) is 0 Å². The fraction of sp³-hybridized carbons (Fsp3) is 1.00. The van der Waals surface area contributed by atoms with E-state index in [1.165, 1.54) is 0 Å². The average molecular weight is 265 g/mol. The van der Waals surface area contributed by atoms with Crippen molar-refractivity contribution in [2.24, 2.45) is 5.73 Å². The van der Waals surface area contributed by atoms with Gasteiger partial charge in [-0.15, -0.1) is 0 Å². The summed E-state index contributed by atoms with van der Waals surface area (Å²) in [6.45, 7) is 0.802. The smallest absolute Gasteiger partial charge is 0.154 e. The van der Waals surface area contributed by atoms with E-state index in [9.17, 15) is 8.42 Å². The number of hydrogen-bond acceptors (Lipinski definition) is 5. The van der Waals surface area contributed by atoms with Crippen LogP contribution in [0.25, 0.3) is 0 Å². The summed E-state index contributed by atoms with van der Waals surface area (Å²) in [5, 5.41) is -0.233. The number of nitrogens with two attached hydrogens (primary N) is 1. The van der Waals surface area contributed by atoms with Crippen molar-refractivity contribution in [3.63, 3.8) is 0 Å². The molecule has 0 bridgehead atoms. The van der Waals surface area contributed by atoms with E-state index >= 15 is 0 Å². The predicted molar refractivity (Wildman–Crippen MR) is 66.5 cm³/mol. The van der Waals surface area contributed by atoms with Gasteiger partial charge in [0.2, 0.25) is 0 Å². The van der Waals surface area contributed by atoms with E-state index in [0.29, 0.717) is 19.4 Å². The van der Waals surface area contributed by atoms with Gasteiger partial charge >= 0.3 is 0 Å². The van der Waals surface area contributed by atoms with Crippen molar-refractivity contribution in [1.82, 2.24) is 0 Å². The van der Waals surface area contributed by atoms with Crippen LogP contribution < -0.4 is 5.73 Å². The number of ether oxygens (including phenoxy) is 1. The Bertz CT molecular complexity index is 336. The van der Waals surface area contributed by atoms with Crippen molar-refractivity contribution in [3.8, 4) is 0 Å². The molecule has 2 N–H and O–H groups in total. The van der Waals surface area contributed by atoms with Crippen LogP contribution >= 0.6 is 11.8 Å². The SMILES string of the molecule is NCCS(=O)(=O)C1CCOC2(CCSC2)C1. The van der Waals surface area contributed by atoms with Crippen LogP contribution in [0, 0.1) is 0 Å². The van der Waals surface area contributed by atoms with Gasteiger partial charge in [0, 0.05) is 18.9 Å². The zero-order valence-corrected chi connectivity index (χ0v) is 11.0. The number of rotatable bonds is 3. The minimum atomic E-state index is -3.01. The Labute approximate surface area is 101 Å². The molecular formula is C10H19NO3S2. The van der Waals surface area contributed by atoms with E-state index in [-0.39, 0.29) is 23.1 Å². The molecule has 16 heavy (non-hydrogen) atoms. The van der Waals surface area contributed by atoms with E-state index in [0.717, 1.165) is 17.9 Å². The van der Waals surface area contributed by atoms with Crippen LogP contribution in [0.4, 0.5) is 0 Å². The standard InChI is InChI=1S/C10H19NO3S2/c11-3-6-16(12,13)9-1-4-14-10(7-9)2-5-15-8-10/h9H,1-8,11H2. The number of thioether (sulfide) groups is 1. The monoisotopic (exact) mass is 265 g/mol. The first-order chi connectivity index (χ1) is 7.58. The largest absolute Gasteiger partial charge is 0.374 e. The molecule has 2 unspecified atom stereocenters. The molecule has 94 valence electrons. The second-order valence-electron chi connectivity index (χ2n) is 4.60. The van der Waals surface area contributed by atoms with E-state index in [4.69, 9.17) is 10.5 Å². The lowest BCUT2D eigenvalue weighted by molar-refractivity contribution is -0.0572. The minimum absolute atomic E-state index is 0.112. The highest BCUT2D eigenvalue weighted by Gasteiger charge is 2.43. The maximum absolute atomic E-state index is 12.0. The summed E-state index contributed by atoms with van der Waals surface area (Å²) in [5.41, 5.74) is 5.19. The number of sulfone groups is 1. The van der Waals surface area contributed by atoms with Crippen LogP contribution in [0.1, 0.15) is 19.3 Å². The minimum Gasteiger partial charge on any atom is -0.374 e. The summed E-state index contributed by atoms with van der Waals surface area (Å²) in [5.74, 6) is 2.15. The van der Waals surface area contributed by atoms with Crippen LogP contribution in [0.15, 0.2) is 0 Å². The van der Waals surface area contributed by atoms with Gasteiger partial charge in [-0.2, -0.15) is 11.8 Å². The summed E-state index contributed by atoms with van der Waals surface area (Å²) in [6.07, 6.45) is 2.30. The van der Waals surface area contributed by atoms with Gasteiger partial charge in [0.25, 0.3) is 0 Å². The van der Waals surface area contributed by atoms with Crippen molar-refractivity contribution in [2.45, 2.75) is 30.1 Å². The van der Waals surface area contributed by atoms with Crippen LogP contribution in [0.3, 0.4) is 0 Å². The predicted octanol–water partition coefficient (Wildman–Crippen LogP) is 0.415. The highest BCUT2D eigenvalue weighted by Crippen LogP contribution is 2.40. The van der Waals surface area contributed by atoms with E-state index in [2.05, 4.69) is 0 Å². The Kier molecular flexibility index (Phi) is 3.83. The summed E-state index contributed by atoms with van der Waals surface area (Å²) < 4.78 is 29.8. The first-order valence-corrected chi connectivity index (χ1v) is 8.58. The van der Waals surface area contributed by atoms with Crippen molar-refractivity contribution >= 4 is 21.6 Å². The van der Waals surface area contributed by atoms with E-state index in [1.54, 1.807) is 0 Å². The van der Waals surface area contributed by atoms with Gasteiger partial charge in [-0.05, 0) is 25.0 Å². The van der Waals surface area contributed by atoms with Gasteiger partial charge in [-0.1, -0.05) is 0 Å². The molecule has 2 rings (SSSR count). The molecule has 2 saturated heterocycles. The molecule has 2 fully saturated rings. The summed E-state index contributed by atoms with van der Waals surface area (Å²) in [4.78, 5) is 0. The molecule has 2 atom stereocenters. The summed E-state index contributed by atoms with van der Waals surface area (Å²) in [6, 6.07) is 0.